The molecule has 128 valence electrons. The molecule has 1 fully saturated rings. The minimum absolute atomic E-state index is 0.0723. The fraction of sp³-hybridized carbons (Fsp3) is 0.588. The number of benzene rings is 1. The predicted octanol–water partition coefficient (Wildman–Crippen LogP) is 3.28. The van der Waals surface area contributed by atoms with E-state index < -0.39 is 0 Å². The summed E-state index contributed by atoms with van der Waals surface area (Å²) in [6.07, 6.45) is 3.34. The van der Waals surface area contributed by atoms with Gasteiger partial charge in [-0.3, -0.25) is 4.79 Å². The Labute approximate surface area is 147 Å². The van der Waals surface area contributed by atoms with Gasteiger partial charge in [0.05, 0.1) is 18.5 Å². The molecule has 0 aliphatic carbocycles. The first-order chi connectivity index (χ1) is 11.2. The van der Waals surface area contributed by atoms with Crippen LogP contribution in [0.2, 0.25) is 5.02 Å². The molecule has 1 unspecified atom stereocenters. The smallest absolute Gasteiger partial charge is 0.230 e. The number of carbonyl (C=O) groups is 1. The van der Waals surface area contributed by atoms with Crippen LogP contribution in [0.5, 0.6) is 0 Å². The molecule has 0 saturated carbocycles. The summed E-state index contributed by atoms with van der Waals surface area (Å²) in [6, 6.07) is 7.71. The van der Waals surface area contributed by atoms with Gasteiger partial charge in [0.25, 0.3) is 0 Å². The summed E-state index contributed by atoms with van der Waals surface area (Å²) < 4.78 is 11.0. The van der Waals surface area contributed by atoms with Crippen LogP contribution in [0.4, 0.5) is 0 Å². The van der Waals surface area contributed by atoms with Gasteiger partial charge in [0.15, 0.2) is 0 Å². The number of ether oxygens (including phenoxy) is 2. The number of hydrogen-bond acceptors (Lipinski definition) is 4. The minimum Gasteiger partial charge on any atom is -0.379 e. The molecule has 1 aliphatic heterocycles. The number of carbonyl (C=O) groups excluding carboxylic acids is 1. The van der Waals surface area contributed by atoms with Gasteiger partial charge < -0.3 is 14.8 Å². The van der Waals surface area contributed by atoms with Crippen LogP contribution in [-0.4, -0.2) is 44.1 Å². The summed E-state index contributed by atoms with van der Waals surface area (Å²) in [4.78, 5) is 11.7. The number of amides is 1. The summed E-state index contributed by atoms with van der Waals surface area (Å²) in [5, 5.41) is 3.65. The first kappa shape index (κ1) is 18.6. The molecule has 1 atom stereocenters. The lowest BCUT2D eigenvalue weighted by atomic mass is 10.2. The summed E-state index contributed by atoms with van der Waals surface area (Å²) in [5.41, 5.74) is 1.18. The van der Waals surface area contributed by atoms with Gasteiger partial charge in [-0.25, -0.2) is 0 Å². The highest BCUT2D eigenvalue weighted by molar-refractivity contribution is 7.99. The lowest BCUT2D eigenvalue weighted by molar-refractivity contribution is -0.118. The maximum Gasteiger partial charge on any atom is 0.230 e. The Bertz CT molecular complexity index is 463. The second kappa shape index (κ2) is 10.9. The van der Waals surface area contributed by atoms with Crippen molar-refractivity contribution >= 4 is 29.3 Å². The third-order valence-corrected chi connectivity index (χ3v) is 4.79. The van der Waals surface area contributed by atoms with Crippen molar-refractivity contribution in [1.29, 1.82) is 0 Å². The second-order valence-electron chi connectivity index (χ2n) is 5.53. The van der Waals surface area contributed by atoms with E-state index >= 15 is 0 Å². The summed E-state index contributed by atoms with van der Waals surface area (Å²) >= 11 is 7.44. The van der Waals surface area contributed by atoms with E-state index in [0.717, 1.165) is 36.6 Å². The molecule has 0 bridgehead atoms. The van der Waals surface area contributed by atoms with Crippen molar-refractivity contribution < 1.29 is 14.3 Å². The largest absolute Gasteiger partial charge is 0.379 e. The Morgan fingerprint density at radius 3 is 2.96 bits per heavy atom. The molecule has 1 aliphatic rings. The number of hydrogen-bond donors (Lipinski definition) is 1. The maximum absolute atomic E-state index is 11.7. The number of rotatable bonds is 10. The highest BCUT2D eigenvalue weighted by Crippen LogP contribution is 2.15. The summed E-state index contributed by atoms with van der Waals surface area (Å²) in [6.45, 7) is 2.85. The average molecular weight is 358 g/mol. The molecule has 1 aromatic rings. The Kier molecular flexibility index (Phi) is 8.82. The zero-order valence-electron chi connectivity index (χ0n) is 13.3. The van der Waals surface area contributed by atoms with Crippen molar-refractivity contribution in [1.82, 2.24) is 5.32 Å². The molecule has 1 aromatic carbocycles. The molecule has 1 N–H and O–H groups in total. The van der Waals surface area contributed by atoms with E-state index in [9.17, 15) is 4.79 Å². The van der Waals surface area contributed by atoms with Crippen LogP contribution in [0.1, 0.15) is 24.8 Å². The summed E-state index contributed by atoms with van der Waals surface area (Å²) in [5.74, 6) is 1.36. The van der Waals surface area contributed by atoms with Crippen LogP contribution < -0.4 is 5.32 Å². The number of thioether (sulfide) groups is 1. The SMILES string of the molecule is O=C(CSCc1ccc(Cl)cc1)NCCCOCC1CCCO1. The molecule has 0 radical (unpaired) electrons. The lowest BCUT2D eigenvalue weighted by Gasteiger charge is -2.10. The Hall–Kier alpha value is -0.750. The van der Waals surface area contributed by atoms with Crippen molar-refractivity contribution in [2.75, 3.05) is 32.1 Å². The zero-order chi connectivity index (χ0) is 16.3. The van der Waals surface area contributed by atoms with E-state index in [1.807, 2.05) is 24.3 Å². The quantitative estimate of drug-likeness (QED) is 0.653. The summed E-state index contributed by atoms with van der Waals surface area (Å²) in [7, 11) is 0. The van der Waals surface area contributed by atoms with Gasteiger partial charge >= 0.3 is 0 Å². The predicted molar refractivity (Wildman–Crippen MR) is 95.0 cm³/mol. The highest BCUT2D eigenvalue weighted by atomic mass is 35.5. The van der Waals surface area contributed by atoms with Crippen LogP contribution in [0, 0.1) is 0 Å². The fourth-order valence-electron chi connectivity index (χ4n) is 2.29. The van der Waals surface area contributed by atoms with E-state index in [4.69, 9.17) is 21.1 Å². The van der Waals surface area contributed by atoms with E-state index in [-0.39, 0.29) is 12.0 Å². The number of nitrogens with one attached hydrogen (secondary N) is 1. The van der Waals surface area contributed by atoms with Gasteiger partial charge in [0.1, 0.15) is 0 Å². The average Bonchev–Trinajstić information content (AvgIpc) is 3.06. The van der Waals surface area contributed by atoms with Crippen molar-refractivity contribution in [2.24, 2.45) is 0 Å². The van der Waals surface area contributed by atoms with Crippen LogP contribution in [-0.2, 0) is 20.0 Å². The molecule has 23 heavy (non-hydrogen) atoms. The van der Waals surface area contributed by atoms with Gasteiger partial charge in [-0.05, 0) is 37.0 Å². The van der Waals surface area contributed by atoms with E-state index in [1.54, 1.807) is 11.8 Å². The third-order valence-electron chi connectivity index (χ3n) is 3.53. The topological polar surface area (TPSA) is 47.6 Å². The Balaban J connectivity index is 1.43. The fourth-order valence-corrected chi connectivity index (χ4v) is 3.23. The van der Waals surface area contributed by atoms with E-state index in [1.165, 1.54) is 5.56 Å². The molecule has 1 saturated heterocycles. The second-order valence-corrected chi connectivity index (χ2v) is 6.95. The van der Waals surface area contributed by atoms with Gasteiger partial charge in [-0.15, -0.1) is 11.8 Å². The molecule has 4 nitrogen and oxygen atoms in total. The van der Waals surface area contributed by atoms with Gasteiger partial charge in [-0.1, -0.05) is 23.7 Å². The first-order valence-electron chi connectivity index (χ1n) is 8.02. The lowest BCUT2D eigenvalue weighted by Crippen LogP contribution is -2.27. The zero-order valence-corrected chi connectivity index (χ0v) is 14.8. The van der Waals surface area contributed by atoms with Crippen molar-refractivity contribution in [2.45, 2.75) is 31.1 Å². The van der Waals surface area contributed by atoms with Crippen LogP contribution >= 0.6 is 23.4 Å². The van der Waals surface area contributed by atoms with Gasteiger partial charge in [0.2, 0.25) is 5.91 Å². The molecule has 0 spiro atoms. The van der Waals surface area contributed by atoms with Crippen molar-refractivity contribution in [3.05, 3.63) is 34.9 Å². The Morgan fingerprint density at radius 2 is 2.22 bits per heavy atom. The molecule has 1 heterocycles. The van der Waals surface area contributed by atoms with Gasteiger partial charge in [0, 0.05) is 30.5 Å². The van der Waals surface area contributed by atoms with E-state index in [0.29, 0.717) is 25.5 Å². The monoisotopic (exact) mass is 357 g/mol. The van der Waals surface area contributed by atoms with Gasteiger partial charge in [-0.2, -0.15) is 0 Å². The van der Waals surface area contributed by atoms with Crippen LogP contribution in [0.15, 0.2) is 24.3 Å². The third kappa shape index (κ3) is 8.06. The molecule has 2 rings (SSSR count). The Morgan fingerprint density at radius 1 is 1.39 bits per heavy atom. The molecule has 0 aromatic heterocycles. The van der Waals surface area contributed by atoms with Crippen LogP contribution in [0.3, 0.4) is 0 Å². The molecular formula is C17H24ClNO3S. The minimum atomic E-state index is 0.0723. The normalized spacial score (nSPS) is 17.3. The number of halogens is 1. The molecular weight excluding hydrogens is 334 g/mol. The molecule has 1 amide bonds. The highest BCUT2D eigenvalue weighted by Gasteiger charge is 2.14. The first-order valence-corrected chi connectivity index (χ1v) is 9.55. The molecule has 6 heteroatoms. The van der Waals surface area contributed by atoms with Crippen molar-refractivity contribution in [3.8, 4) is 0 Å². The maximum atomic E-state index is 11.7. The van der Waals surface area contributed by atoms with Crippen LogP contribution in [0.25, 0.3) is 0 Å². The van der Waals surface area contributed by atoms with E-state index in [2.05, 4.69) is 5.32 Å². The standard InChI is InChI=1S/C17H24ClNO3S/c18-15-6-4-14(5-7-15)12-23-13-17(20)19-8-2-9-21-11-16-3-1-10-22-16/h4-7,16H,1-3,8-13H2,(H,19,20). The van der Waals surface area contributed by atoms with Crippen molar-refractivity contribution in [3.63, 3.8) is 0 Å².